The van der Waals surface area contributed by atoms with E-state index in [9.17, 15) is 4.79 Å². The summed E-state index contributed by atoms with van der Waals surface area (Å²) >= 11 is 12.1. The van der Waals surface area contributed by atoms with Crippen molar-refractivity contribution in [2.75, 3.05) is 6.54 Å². The summed E-state index contributed by atoms with van der Waals surface area (Å²) in [6.45, 7) is 0.776. The molecule has 0 fully saturated rings. The number of Topliss-reactive ketones (excluding diaryl/α,β-unsaturated/α-hetero) is 1. The van der Waals surface area contributed by atoms with Gasteiger partial charge in [0.15, 0.2) is 5.78 Å². The van der Waals surface area contributed by atoms with Crippen LogP contribution >= 0.6 is 23.2 Å². The first-order chi connectivity index (χ1) is 11.6. The number of hydrogen-bond acceptors (Lipinski definition) is 2. The van der Waals surface area contributed by atoms with Crippen molar-refractivity contribution in [2.45, 2.75) is 25.3 Å². The first kappa shape index (κ1) is 15.9. The predicted molar refractivity (Wildman–Crippen MR) is 98.6 cm³/mol. The van der Waals surface area contributed by atoms with E-state index in [1.54, 1.807) is 0 Å². The van der Waals surface area contributed by atoms with Gasteiger partial charge in [0.05, 0.1) is 6.04 Å². The first-order valence-electron chi connectivity index (χ1n) is 8.10. The van der Waals surface area contributed by atoms with Crippen molar-refractivity contribution in [2.24, 2.45) is 0 Å². The topological polar surface area (TPSA) is 29.1 Å². The number of nitrogens with one attached hydrogen (secondary N) is 1. The molecule has 1 aliphatic heterocycles. The van der Waals surface area contributed by atoms with Gasteiger partial charge in [-0.05, 0) is 64.9 Å². The molecule has 0 spiro atoms. The number of hydrogen-bond donors (Lipinski definition) is 1. The lowest BCUT2D eigenvalue weighted by Gasteiger charge is -2.25. The summed E-state index contributed by atoms with van der Waals surface area (Å²) in [5.74, 6) is 0.222. The third-order valence-electron chi connectivity index (χ3n) is 4.88. The zero-order valence-corrected chi connectivity index (χ0v) is 14.6. The molecule has 0 radical (unpaired) electrons. The molecule has 0 saturated carbocycles. The zero-order chi connectivity index (χ0) is 16.7. The Bertz CT molecular complexity index is 839. The monoisotopic (exact) mass is 357 g/mol. The van der Waals surface area contributed by atoms with E-state index in [1.165, 1.54) is 22.3 Å². The molecule has 1 atom stereocenters. The third kappa shape index (κ3) is 3.02. The molecule has 0 aromatic heterocycles. The van der Waals surface area contributed by atoms with Crippen molar-refractivity contribution >= 4 is 34.6 Å². The van der Waals surface area contributed by atoms with Crippen molar-refractivity contribution in [1.82, 2.24) is 5.32 Å². The second-order valence-corrected chi connectivity index (χ2v) is 7.34. The SMILES string of the molecule is O=C(Cc1ccc(Cl)cc1)C1CC2=C(CN1)Cc1ccc(Cl)cc12. The lowest BCUT2D eigenvalue weighted by molar-refractivity contribution is -0.120. The van der Waals surface area contributed by atoms with Crippen LogP contribution in [-0.2, 0) is 17.6 Å². The van der Waals surface area contributed by atoms with Gasteiger partial charge in [-0.3, -0.25) is 4.79 Å². The molecule has 2 aromatic rings. The molecule has 2 aliphatic rings. The van der Waals surface area contributed by atoms with Gasteiger partial charge in [-0.25, -0.2) is 0 Å². The van der Waals surface area contributed by atoms with E-state index < -0.39 is 0 Å². The molecule has 1 N–H and O–H groups in total. The molecule has 2 aromatic carbocycles. The minimum absolute atomic E-state index is 0.135. The van der Waals surface area contributed by atoms with E-state index in [0.717, 1.165) is 30.0 Å². The lowest BCUT2D eigenvalue weighted by atomic mass is 9.91. The van der Waals surface area contributed by atoms with E-state index in [-0.39, 0.29) is 11.8 Å². The normalized spacial score (nSPS) is 19.2. The van der Waals surface area contributed by atoms with Gasteiger partial charge in [-0.1, -0.05) is 41.4 Å². The minimum atomic E-state index is -0.135. The molecule has 1 heterocycles. The number of rotatable bonds is 3. The Labute approximate surface area is 151 Å². The standard InChI is InChI=1S/C20H17Cl2NO/c21-15-4-1-12(2-5-15)7-20(24)19-10-18-14(11-23-19)8-13-3-6-16(22)9-17(13)18/h1-6,9,19,23H,7-8,10-11H2. The number of halogens is 2. The van der Waals surface area contributed by atoms with Crippen LogP contribution in [0.25, 0.3) is 5.57 Å². The summed E-state index contributed by atoms with van der Waals surface area (Å²) in [7, 11) is 0. The summed E-state index contributed by atoms with van der Waals surface area (Å²) in [6.07, 6.45) is 2.14. The van der Waals surface area contributed by atoms with Crippen molar-refractivity contribution < 1.29 is 4.79 Å². The van der Waals surface area contributed by atoms with Gasteiger partial charge in [-0.15, -0.1) is 0 Å². The molecule has 0 saturated heterocycles. The number of benzene rings is 2. The van der Waals surface area contributed by atoms with Crippen LogP contribution in [0.5, 0.6) is 0 Å². The highest BCUT2D eigenvalue weighted by atomic mass is 35.5. The van der Waals surface area contributed by atoms with Gasteiger partial charge in [0.1, 0.15) is 0 Å². The van der Waals surface area contributed by atoms with Gasteiger partial charge in [-0.2, -0.15) is 0 Å². The fourth-order valence-electron chi connectivity index (χ4n) is 3.61. The molecule has 1 aliphatic carbocycles. The third-order valence-corrected chi connectivity index (χ3v) is 5.37. The van der Waals surface area contributed by atoms with Crippen molar-refractivity contribution in [3.63, 3.8) is 0 Å². The predicted octanol–water partition coefficient (Wildman–Crippen LogP) is 4.48. The molecule has 24 heavy (non-hydrogen) atoms. The quantitative estimate of drug-likeness (QED) is 0.877. The summed E-state index contributed by atoms with van der Waals surface area (Å²) in [5, 5.41) is 4.85. The van der Waals surface area contributed by atoms with Gasteiger partial charge < -0.3 is 5.32 Å². The van der Waals surface area contributed by atoms with E-state index in [4.69, 9.17) is 23.2 Å². The maximum atomic E-state index is 12.7. The number of ketones is 1. The highest BCUT2D eigenvalue weighted by Crippen LogP contribution is 2.39. The number of carbonyl (C=O) groups is 1. The Morgan fingerprint density at radius 3 is 2.62 bits per heavy atom. The molecule has 4 heteroatoms. The van der Waals surface area contributed by atoms with E-state index in [2.05, 4.69) is 11.4 Å². The van der Waals surface area contributed by atoms with Gasteiger partial charge in [0.25, 0.3) is 0 Å². The Balaban J connectivity index is 1.51. The van der Waals surface area contributed by atoms with Crippen molar-refractivity contribution in [3.8, 4) is 0 Å². The van der Waals surface area contributed by atoms with Crippen LogP contribution in [0.1, 0.15) is 23.1 Å². The first-order valence-corrected chi connectivity index (χ1v) is 8.86. The molecule has 122 valence electrons. The Morgan fingerprint density at radius 1 is 1.08 bits per heavy atom. The number of fused-ring (bicyclic) bond motifs is 2. The zero-order valence-electron chi connectivity index (χ0n) is 13.1. The lowest BCUT2D eigenvalue weighted by Crippen LogP contribution is -2.41. The van der Waals surface area contributed by atoms with Gasteiger partial charge in [0, 0.05) is 23.0 Å². The van der Waals surface area contributed by atoms with Crippen molar-refractivity contribution in [1.29, 1.82) is 0 Å². The Hall–Kier alpha value is -1.61. The summed E-state index contributed by atoms with van der Waals surface area (Å²) in [6, 6.07) is 13.4. The minimum Gasteiger partial charge on any atom is -0.303 e. The number of carbonyl (C=O) groups excluding carboxylic acids is 1. The van der Waals surface area contributed by atoms with Crippen LogP contribution in [0.4, 0.5) is 0 Å². The van der Waals surface area contributed by atoms with E-state index in [1.807, 2.05) is 36.4 Å². The highest BCUT2D eigenvalue weighted by molar-refractivity contribution is 6.31. The van der Waals surface area contributed by atoms with Crippen molar-refractivity contribution in [3.05, 3.63) is 74.8 Å². The molecular weight excluding hydrogens is 341 g/mol. The molecule has 4 rings (SSSR count). The van der Waals surface area contributed by atoms with E-state index >= 15 is 0 Å². The van der Waals surface area contributed by atoms with Gasteiger partial charge >= 0.3 is 0 Å². The summed E-state index contributed by atoms with van der Waals surface area (Å²) < 4.78 is 0. The van der Waals surface area contributed by atoms with Crippen LogP contribution in [0.2, 0.25) is 10.0 Å². The van der Waals surface area contributed by atoms with Crippen LogP contribution in [-0.4, -0.2) is 18.4 Å². The molecule has 0 amide bonds. The van der Waals surface area contributed by atoms with Crippen LogP contribution in [0.15, 0.2) is 48.0 Å². The fraction of sp³-hybridized carbons (Fsp3) is 0.250. The molecule has 0 bridgehead atoms. The Kier molecular flexibility index (Phi) is 4.21. The maximum Gasteiger partial charge on any atom is 0.154 e. The van der Waals surface area contributed by atoms with Crippen LogP contribution in [0.3, 0.4) is 0 Å². The smallest absolute Gasteiger partial charge is 0.154 e. The fourth-order valence-corrected chi connectivity index (χ4v) is 3.91. The largest absolute Gasteiger partial charge is 0.303 e. The maximum absolute atomic E-state index is 12.7. The molecule has 1 unspecified atom stereocenters. The highest BCUT2D eigenvalue weighted by Gasteiger charge is 2.31. The van der Waals surface area contributed by atoms with Crippen LogP contribution in [0, 0.1) is 0 Å². The average molecular weight is 358 g/mol. The molecule has 2 nitrogen and oxygen atoms in total. The van der Waals surface area contributed by atoms with Crippen LogP contribution < -0.4 is 5.32 Å². The van der Waals surface area contributed by atoms with E-state index in [0.29, 0.717) is 11.4 Å². The summed E-state index contributed by atoms with van der Waals surface area (Å²) in [5.41, 5.74) is 6.24. The molecular formula is C20H17Cl2NO. The second kappa shape index (κ2) is 6.36. The second-order valence-electron chi connectivity index (χ2n) is 6.47. The Morgan fingerprint density at radius 2 is 1.83 bits per heavy atom. The average Bonchev–Trinajstić information content (AvgIpc) is 2.94. The summed E-state index contributed by atoms with van der Waals surface area (Å²) in [4.78, 5) is 12.7. The van der Waals surface area contributed by atoms with Gasteiger partial charge in [0.2, 0.25) is 0 Å².